The largest absolute Gasteiger partial charge is 0.497 e. The first-order chi connectivity index (χ1) is 15.2. The van der Waals surface area contributed by atoms with E-state index in [1.54, 1.807) is 7.11 Å². The molecule has 1 N–H and O–H groups in total. The molecule has 0 radical (unpaired) electrons. The second kappa shape index (κ2) is 8.66. The zero-order valence-electron chi connectivity index (χ0n) is 17.4. The van der Waals surface area contributed by atoms with Crippen molar-refractivity contribution in [3.8, 4) is 11.6 Å². The number of hydrogen-bond acceptors (Lipinski definition) is 7. The first kappa shape index (κ1) is 20.0. The Bertz CT molecular complexity index is 1130. The first-order valence-corrected chi connectivity index (χ1v) is 11.2. The van der Waals surface area contributed by atoms with Crippen LogP contribution in [-0.4, -0.2) is 62.8 Å². The van der Waals surface area contributed by atoms with E-state index in [2.05, 4.69) is 62.3 Å². The zero-order chi connectivity index (χ0) is 21.2. The highest BCUT2D eigenvalue weighted by molar-refractivity contribution is 7.17. The van der Waals surface area contributed by atoms with Gasteiger partial charge in [0, 0.05) is 32.7 Å². The van der Waals surface area contributed by atoms with E-state index in [0.717, 1.165) is 48.9 Å². The summed E-state index contributed by atoms with van der Waals surface area (Å²) in [5.74, 6) is 0.993. The number of aromatic hydroxyl groups is 1. The number of piperazine rings is 1. The van der Waals surface area contributed by atoms with E-state index in [1.165, 1.54) is 27.7 Å². The Labute approximate surface area is 185 Å². The summed E-state index contributed by atoms with van der Waals surface area (Å²) < 4.78 is 6.86. The van der Waals surface area contributed by atoms with E-state index in [9.17, 15) is 5.11 Å². The molecule has 1 aliphatic rings. The van der Waals surface area contributed by atoms with Crippen molar-refractivity contribution < 1.29 is 9.84 Å². The average molecular weight is 436 g/mol. The number of thiazole rings is 1. The Kier molecular flexibility index (Phi) is 5.59. The fourth-order valence-electron chi connectivity index (χ4n) is 4.21. The summed E-state index contributed by atoms with van der Waals surface area (Å²) in [4.78, 5) is 10.8. The Hall–Kier alpha value is -2.94. The molecule has 1 saturated heterocycles. The van der Waals surface area contributed by atoms with Crippen LogP contribution in [0.4, 0.5) is 0 Å². The number of aromatic nitrogens is 3. The van der Waals surface area contributed by atoms with Crippen LogP contribution >= 0.6 is 11.3 Å². The van der Waals surface area contributed by atoms with Gasteiger partial charge in [0.1, 0.15) is 12.1 Å². The maximum Gasteiger partial charge on any atom is 0.230 e. The molecule has 31 heavy (non-hydrogen) atoms. The molecular formula is C23H25N5O2S. The molecule has 8 heteroatoms. The van der Waals surface area contributed by atoms with Crippen LogP contribution < -0.4 is 4.74 Å². The molecule has 5 rings (SSSR count). The molecule has 2 aromatic heterocycles. The van der Waals surface area contributed by atoms with Gasteiger partial charge in [0.2, 0.25) is 10.8 Å². The normalized spacial score (nSPS) is 16.5. The molecule has 7 nitrogen and oxygen atoms in total. The summed E-state index contributed by atoms with van der Waals surface area (Å²) in [6, 6.07) is 18.6. The minimum absolute atomic E-state index is 0.0571. The van der Waals surface area contributed by atoms with Crippen LogP contribution in [0, 0.1) is 0 Å². The predicted molar refractivity (Wildman–Crippen MR) is 121 cm³/mol. The standard InChI is InChI=1S/C23H25N5O2S/c1-30-19-9-7-18(8-10-19)20(21-22(29)28-23(31-21)24-16-25-28)27-13-11-26(12-14-27)15-17-5-3-2-4-6-17/h2-10,16,20,29H,11-15H2,1H3/t20-/m1/s1. The third-order valence-electron chi connectivity index (χ3n) is 5.84. The summed E-state index contributed by atoms with van der Waals surface area (Å²) in [6.07, 6.45) is 1.47. The SMILES string of the molecule is COc1ccc([C@H](c2sc3ncnn3c2O)N2CCN(Cc3ccccc3)CC2)cc1. The molecule has 1 fully saturated rings. The smallest absolute Gasteiger partial charge is 0.230 e. The van der Waals surface area contributed by atoms with E-state index < -0.39 is 0 Å². The molecule has 160 valence electrons. The third-order valence-corrected chi connectivity index (χ3v) is 6.93. The summed E-state index contributed by atoms with van der Waals surface area (Å²) in [7, 11) is 1.67. The van der Waals surface area contributed by atoms with Gasteiger partial charge in [-0.3, -0.25) is 9.80 Å². The van der Waals surface area contributed by atoms with Gasteiger partial charge in [-0.25, -0.2) is 4.98 Å². The molecule has 0 unspecified atom stereocenters. The topological polar surface area (TPSA) is 66.1 Å². The number of methoxy groups -OCH3 is 1. The van der Waals surface area contributed by atoms with E-state index in [4.69, 9.17) is 4.74 Å². The van der Waals surface area contributed by atoms with Gasteiger partial charge in [-0.2, -0.15) is 9.61 Å². The summed E-state index contributed by atoms with van der Waals surface area (Å²) >= 11 is 1.49. The molecule has 0 bridgehead atoms. The van der Waals surface area contributed by atoms with Gasteiger partial charge in [0.05, 0.1) is 18.0 Å². The van der Waals surface area contributed by atoms with Gasteiger partial charge in [-0.15, -0.1) is 0 Å². The van der Waals surface area contributed by atoms with Crippen LogP contribution in [0.1, 0.15) is 22.0 Å². The van der Waals surface area contributed by atoms with Crippen molar-refractivity contribution in [3.05, 3.63) is 76.9 Å². The lowest BCUT2D eigenvalue weighted by atomic mass is 10.0. The van der Waals surface area contributed by atoms with Crippen LogP contribution in [0.15, 0.2) is 60.9 Å². The van der Waals surface area contributed by atoms with Crippen molar-refractivity contribution in [2.24, 2.45) is 0 Å². The fraction of sp³-hybridized carbons (Fsp3) is 0.304. The van der Waals surface area contributed by atoms with Crippen molar-refractivity contribution in [3.63, 3.8) is 0 Å². The van der Waals surface area contributed by atoms with E-state index in [0.29, 0.717) is 4.96 Å². The molecule has 4 aromatic rings. The molecule has 1 atom stereocenters. The summed E-state index contributed by atoms with van der Waals surface area (Å²) in [5, 5.41) is 15.1. The quantitative estimate of drug-likeness (QED) is 0.501. The molecule has 3 heterocycles. The van der Waals surface area contributed by atoms with Gasteiger partial charge in [0.15, 0.2) is 0 Å². The molecular weight excluding hydrogens is 410 g/mol. The number of ether oxygens (including phenoxy) is 1. The summed E-state index contributed by atoms with van der Waals surface area (Å²) in [5.41, 5.74) is 2.46. The fourth-order valence-corrected chi connectivity index (χ4v) is 5.30. The van der Waals surface area contributed by atoms with Crippen LogP contribution in [0.5, 0.6) is 11.6 Å². The van der Waals surface area contributed by atoms with E-state index >= 15 is 0 Å². The number of rotatable bonds is 6. The Balaban J connectivity index is 1.41. The van der Waals surface area contributed by atoms with E-state index in [1.807, 2.05) is 12.1 Å². The van der Waals surface area contributed by atoms with Crippen molar-refractivity contribution in [2.75, 3.05) is 33.3 Å². The lowest BCUT2D eigenvalue weighted by Gasteiger charge is -2.39. The number of benzene rings is 2. The van der Waals surface area contributed by atoms with E-state index in [-0.39, 0.29) is 11.9 Å². The highest BCUT2D eigenvalue weighted by atomic mass is 32.1. The minimum Gasteiger partial charge on any atom is -0.497 e. The molecule has 0 spiro atoms. The maximum atomic E-state index is 10.9. The Morgan fingerprint density at radius 3 is 2.45 bits per heavy atom. The lowest BCUT2D eigenvalue weighted by molar-refractivity contribution is 0.105. The molecule has 0 aliphatic carbocycles. The van der Waals surface area contributed by atoms with Crippen LogP contribution in [0.2, 0.25) is 0 Å². The predicted octanol–water partition coefficient (Wildman–Crippen LogP) is 3.41. The van der Waals surface area contributed by atoms with Crippen molar-refractivity contribution in [2.45, 2.75) is 12.6 Å². The number of hydrogen-bond donors (Lipinski definition) is 1. The molecule has 2 aromatic carbocycles. The summed E-state index contributed by atoms with van der Waals surface area (Å²) in [6.45, 7) is 4.74. The third kappa shape index (κ3) is 4.01. The second-order valence-corrected chi connectivity index (χ2v) is 8.73. The number of fused-ring (bicyclic) bond motifs is 1. The maximum absolute atomic E-state index is 10.9. The second-order valence-electron chi connectivity index (χ2n) is 7.72. The van der Waals surface area contributed by atoms with Gasteiger partial charge >= 0.3 is 0 Å². The van der Waals surface area contributed by atoms with Crippen LogP contribution in [0.25, 0.3) is 4.96 Å². The van der Waals surface area contributed by atoms with Crippen molar-refractivity contribution in [1.29, 1.82) is 0 Å². The van der Waals surface area contributed by atoms with Crippen LogP contribution in [-0.2, 0) is 6.54 Å². The van der Waals surface area contributed by atoms with Gasteiger partial charge in [-0.05, 0) is 23.3 Å². The lowest BCUT2D eigenvalue weighted by Crippen LogP contribution is -2.47. The van der Waals surface area contributed by atoms with Gasteiger partial charge in [0.25, 0.3) is 0 Å². The average Bonchev–Trinajstić information content (AvgIpc) is 3.40. The molecule has 1 aliphatic heterocycles. The number of nitrogens with zero attached hydrogens (tertiary/aromatic N) is 5. The van der Waals surface area contributed by atoms with Crippen molar-refractivity contribution >= 4 is 16.3 Å². The zero-order valence-corrected chi connectivity index (χ0v) is 18.2. The first-order valence-electron chi connectivity index (χ1n) is 10.4. The van der Waals surface area contributed by atoms with Gasteiger partial charge < -0.3 is 9.84 Å². The molecule has 0 saturated carbocycles. The van der Waals surface area contributed by atoms with Gasteiger partial charge in [-0.1, -0.05) is 53.8 Å². The minimum atomic E-state index is -0.0571. The van der Waals surface area contributed by atoms with Crippen molar-refractivity contribution in [1.82, 2.24) is 24.4 Å². The highest BCUT2D eigenvalue weighted by Gasteiger charge is 2.31. The highest BCUT2D eigenvalue weighted by Crippen LogP contribution is 2.40. The molecule has 0 amide bonds. The monoisotopic (exact) mass is 435 g/mol. The van der Waals surface area contributed by atoms with Crippen LogP contribution in [0.3, 0.4) is 0 Å². The Morgan fingerprint density at radius 1 is 1.03 bits per heavy atom. The Morgan fingerprint density at radius 2 is 1.77 bits per heavy atom.